The van der Waals surface area contributed by atoms with Crippen molar-refractivity contribution < 1.29 is 14.3 Å². The summed E-state index contributed by atoms with van der Waals surface area (Å²) in [4.78, 5) is 18.7. The van der Waals surface area contributed by atoms with Gasteiger partial charge in [-0.05, 0) is 43.2 Å². The molecular formula is C22H28N4O3. The predicted molar refractivity (Wildman–Crippen MR) is 112 cm³/mol. The fraction of sp³-hybridized carbons (Fsp3) is 0.455. The fourth-order valence-corrected chi connectivity index (χ4v) is 3.78. The van der Waals surface area contributed by atoms with E-state index < -0.39 is 0 Å². The van der Waals surface area contributed by atoms with Gasteiger partial charge in [-0.25, -0.2) is 0 Å². The van der Waals surface area contributed by atoms with E-state index in [-0.39, 0.29) is 12.0 Å². The number of pyridine rings is 1. The van der Waals surface area contributed by atoms with Gasteiger partial charge in [-0.1, -0.05) is 6.07 Å². The van der Waals surface area contributed by atoms with E-state index in [1.54, 1.807) is 24.5 Å². The molecule has 154 valence electrons. The highest BCUT2D eigenvalue weighted by atomic mass is 16.6. The van der Waals surface area contributed by atoms with Crippen molar-refractivity contribution >= 4 is 17.3 Å². The van der Waals surface area contributed by atoms with Crippen LogP contribution in [0.4, 0.5) is 11.4 Å². The normalized spacial score (nSPS) is 20.4. The van der Waals surface area contributed by atoms with Gasteiger partial charge in [0.15, 0.2) is 0 Å². The second-order valence-corrected chi connectivity index (χ2v) is 7.48. The number of nitrogens with one attached hydrogen (secondary N) is 2. The number of ether oxygens (including phenoxy) is 2. The average molecular weight is 396 g/mol. The van der Waals surface area contributed by atoms with Crippen LogP contribution in [0, 0.1) is 0 Å². The highest BCUT2D eigenvalue weighted by Gasteiger charge is 2.21. The molecule has 0 aliphatic carbocycles. The van der Waals surface area contributed by atoms with Crippen molar-refractivity contribution in [1.29, 1.82) is 0 Å². The number of benzene rings is 1. The van der Waals surface area contributed by atoms with E-state index in [2.05, 4.69) is 26.6 Å². The molecule has 2 aromatic rings. The van der Waals surface area contributed by atoms with Gasteiger partial charge in [-0.3, -0.25) is 9.78 Å². The van der Waals surface area contributed by atoms with E-state index in [1.807, 2.05) is 18.2 Å². The monoisotopic (exact) mass is 396 g/mol. The third-order valence-electron chi connectivity index (χ3n) is 5.43. The molecule has 3 heterocycles. The van der Waals surface area contributed by atoms with Gasteiger partial charge in [-0.15, -0.1) is 0 Å². The maximum absolute atomic E-state index is 12.4. The first-order chi connectivity index (χ1) is 14.3. The average Bonchev–Trinajstić information content (AvgIpc) is 2.79. The topological polar surface area (TPSA) is 75.7 Å². The summed E-state index contributed by atoms with van der Waals surface area (Å²) < 4.78 is 11.2. The largest absolute Gasteiger partial charge is 0.376 e. The van der Waals surface area contributed by atoms with Crippen molar-refractivity contribution in [3.63, 3.8) is 0 Å². The van der Waals surface area contributed by atoms with Crippen LogP contribution in [0.25, 0.3) is 0 Å². The number of nitrogens with zero attached hydrogens (tertiary/aromatic N) is 2. The van der Waals surface area contributed by atoms with E-state index in [0.29, 0.717) is 31.4 Å². The van der Waals surface area contributed by atoms with Gasteiger partial charge >= 0.3 is 0 Å². The number of hydrogen-bond acceptors (Lipinski definition) is 6. The molecule has 1 amide bonds. The lowest BCUT2D eigenvalue weighted by Gasteiger charge is -2.35. The number of piperidine rings is 1. The SMILES string of the molecule is O=C(Nc1cccc(N2CCC(NC[C@@H]3COCCO3)CC2)c1)c1ccncc1. The summed E-state index contributed by atoms with van der Waals surface area (Å²) in [6.07, 6.45) is 5.58. The number of carbonyl (C=O) groups is 1. The number of hydrogen-bond donors (Lipinski definition) is 2. The quantitative estimate of drug-likeness (QED) is 0.781. The molecule has 2 aliphatic heterocycles. The van der Waals surface area contributed by atoms with Crippen molar-refractivity contribution in [2.45, 2.75) is 25.0 Å². The van der Waals surface area contributed by atoms with Crippen LogP contribution in [0.3, 0.4) is 0 Å². The van der Waals surface area contributed by atoms with Gasteiger partial charge in [0.2, 0.25) is 0 Å². The lowest BCUT2D eigenvalue weighted by atomic mass is 10.0. The molecule has 2 N–H and O–H groups in total. The molecule has 7 heteroatoms. The number of anilines is 2. The first-order valence-corrected chi connectivity index (χ1v) is 10.3. The third kappa shape index (κ3) is 5.53. The standard InChI is InChI=1S/C22H28N4O3/c27-22(17-4-8-23-9-5-17)25-19-2-1-3-20(14-19)26-10-6-18(7-11-26)24-15-21-16-28-12-13-29-21/h1-5,8-9,14,18,21,24H,6-7,10-13,15-16H2,(H,25,27)/t21-/m1/s1. The molecule has 0 bridgehead atoms. The summed E-state index contributed by atoms with van der Waals surface area (Å²) >= 11 is 0. The van der Waals surface area contributed by atoms with E-state index in [9.17, 15) is 4.79 Å². The lowest BCUT2D eigenvalue weighted by Crippen LogP contribution is -2.46. The van der Waals surface area contributed by atoms with Crippen molar-refractivity contribution in [1.82, 2.24) is 10.3 Å². The van der Waals surface area contributed by atoms with Crippen LogP contribution in [0.1, 0.15) is 23.2 Å². The molecule has 29 heavy (non-hydrogen) atoms. The van der Waals surface area contributed by atoms with Gasteiger partial charge in [0.1, 0.15) is 0 Å². The summed E-state index contributed by atoms with van der Waals surface area (Å²) in [7, 11) is 0. The molecular weight excluding hydrogens is 368 g/mol. The lowest BCUT2D eigenvalue weighted by molar-refractivity contribution is -0.0872. The minimum absolute atomic E-state index is 0.124. The van der Waals surface area contributed by atoms with Gasteiger partial charge in [0.25, 0.3) is 5.91 Å². The number of amides is 1. The van der Waals surface area contributed by atoms with Gasteiger partial charge in [0.05, 0.1) is 25.9 Å². The van der Waals surface area contributed by atoms with Crippen LogP contribution in [-0.2, 0) is 9.47 Å². The highest BCUT2D eigenvalue weighted by Crippen LogP contribution is 2.23. The van der Waals surface area contributed by atoms with Crippen LogP contribution in [0.15, 0.2) is 48.8 Å². The summed E-state index contributed by atoms with van der Waals surface area (Å²) in [6, 6.07) is 12.0. The Kier molecular flexibility index (Phi) is 6.71. The van der Waals surface area contributed by atoms with Gasteiger partial charge in [-0.2, -0.15) is 0 Å². The van der Waals surface area contributed by atoms with Crippen molar-refractivity contribution in [3.05, 3.63) is 54.4 Å². The highest BCUT2D eigenvalue weighted by molar-refractivity contribution is 6.04. The van der Waals surface area contributed by atoms with Crippen molar-refractivity contribution in [2.24, 2.45) is 0 Å². The maximum atomic E-state index is 12.4. The Balaban J connectivity index is 1.27. The summed E-state index contributed by atoms with van der Waals surface area (Å²) in [5, 5.41) is 6.60. The van der Waals surface area contributed by atoms with Crippen LogP contribution in [0.2, 0.25) is 0 Å². The molecule has 0 saturated carbocycles. The molecule has 1 aromatic heterocycles. The Hall–Kier alpha value is -2.48. The Morgan fingerprint density at radius 1 is 1.14 bits per heavy atom. The number of carbonyl (C=O) groups excluding carboxylic acids is 1. The molecule has 2 fully saturated rings. The minimum Gasteiger partial charge on any atom is -0.376 e. The zero-order valence-electron chi connectivity index (χ0n) is 16.5. The Morgan fingerprint density at radius 2 is 1.97 bits per heavy atom. The van der Waals surface area contributed by atoms with E-state index in [4.69, 9.17) is 9.47 Å². The molecule has 2 aliphatic rings. The molecule has 0 spiro atoms. The second kappa shape index (κ2) is 9.82. The number of rotatable bonds is 6. The minimum atomic E-state index is -0.124. The summed E-state index contributed by atoms with van der Waals surface area (Å²) in [6.45, 7) is 4.91. The predicted octanol–water partition coefficient (Wildman–Crippen LogP) is 2.31. The zero-order chi connectivity index (χ0) is 19.9. The first kappa shape index (κ1) is 19.8. The first-order valence-electron chi connectivity index (χ1n) is 10.3. The van der Waals surface area contributed by atoms with Crippen LogP contribution >= 0.6 is 0 Å². The van der Waals surface area contributed by atoms with Gasteiger partial charge in [0, 0.05) is 55.0 Å². The maximum Gasteiger partial charge on any atom is 0.255 e. The Labute approximate surface area is 171 Å². The molecule has 0 radical (unpaired) electrons. The Morgan fingerprint density at radius 3 is 2.72 bits per heavy atom. The van der Waals surface area contributed by atoms with E-state index >= 15 is 0 Å². The fourth-order valence-electron chi connectivity index (χ4n) is 3.78. The van der Waals surface area contributed by atoms with Crippen molar-refractivity contribution in [2.75, 3.05) is 49.7 Å². The zero-order valence-corrected chi connectivity index (χ0v) is 16.5. The number of aromatic nitrogens is 1. The molecule has 1 atom stereocenters. The molecule has 1 aromatic carbocycles. The Bertz CT molecular complexity index is 788. The summed E-state index contributed by atoms with van der Waals surface area (Å²) in [5.74, 6) is -0.124. The molecule has 7 nitrogen and oxygen atoms in total. The summed E-state index contributed by atoms with van der Waals surface area (Å²) in [5.41, 5.74) is 2.55. The van der Waals surface area contributed by atoms with Gasteiger partial charge < -0.3 is 25.0 Å². The van der Waals surface area contributed by atoms with Crippen molar-refractivity contribution in [3.8, 4) is 0 Å². The van der Waals surface area contributed by atoms with E-state index in [0.717, 1.165) is 43.9 Å². The van der Waals surface area contributed by atoms with Crippen LogP contribution < -0.4 is 15.5 Å². The molecule has 4 rings (SSSR count). The third-order valence-corrected chi connectivity index (χ3v) is 5.43. The van der Waals surface area contributed by atoms with Crippen LogP contribution in [0.5, 0.6) is 0 Å². The molecule has 0 unspecified atom stereocenters. The molecule has 2 saturated heterocycles. The van der Waals surface area contributed by atoms with Crippen LogP contribution in [-0.4, -0.2) is 62.5 Å². The van der Waals surface area contributed by atoms with E-state index in [1.165, 1.54) is 0 Å². The smallest absolute Gasteiger partial charge is 0.255 e. The second-order valence-electron chi connectivity index (χ2n) is 7.48.